The van der Waals surface area contributed by atoms with Crippen LogP contribution in [0.4, 0.5) is 0 Å². The van der Waals surface area contributed by atoms with Gasteiger partial charge in [0.15, 0.2) is 0 Å². The van der Waals surface area contributed by atoms with E-state index in [2.05, 4.69) is 5.10 Å². The fourth-order valence-corrected chi connectivity index (χ4v) is 3.11. The van der Waals surface area contributed by atoms with E-state index in [-0.39, 0.29) is 11.8 Å². The van der Waals surface area contributed by atoms with Gasteiger partial charge in [-0.05, 0) is 30.9 Å². The van der Waals surface area contributed by atoms with Crippen LogP contribution in [0, 0.1) is 0 Å². The summed E-state index contributed by atoms with van der Waals surface area (Å²) in [6.45, 7) is 1.54. The van der Waals surface area contributed by atoms with Crippen LogP contribution in [0.25, 0.3) is 5.52 Å². The zero-order valence-corrected chi connectivity index (χ0v) is 12.7. The van der Waals surface area contributed by atoms with Gasteiger partial charge in [-0.25, -0.2) is 4.52 Å². The minimum atomic E-state index is 0.0275. The number of alkyl halides is 1. The zero-order valence-electron chi connectivity index (χ0n) is 12.0. The molecule has 2 aromatic heterocycles. The van der Waals surface area contributed by atoms with Crippen LogP contribution in [0.1, 0.15) is 24.3 Å². The van der Waals surface area contributed by atoms with Crippen molar-refractivity contribution < 1.29 is 9.53 Å². The lowest BCUT2D eigenvalue weighted by molar-refractivity contribution is -0.129. The molecule has 1 amide bonds. The predicted octanol–water partition coefficient (Wildman–Crippen LogP) is 2.29. The largest absolute Gasteiger partial charge is 0.495 e. The summed E-state index contributed by atoms with van der Waals surface area (Å²) in [6, 6.07) is 3.99. The Kier molecular flexibility index (Phi) is 4.01. The maximum Gasteiger partial charge on any atom is 0.237 e. The number of nitrogens with zero attached hydrogens (tertiary/aromatic N) is 3. The highest BCUT2D eigenvalue weighted by molar-refractivity contribution is 6.27. The van der Waals surface area contributed by atoms with E-state index in [0.29, 0.717) is 5.92 Å². The molecule has 0 radical (unpaired) electrons. The molecule has 0 atom stereocenters. The molecule has 0 aliphatic carbocycles. The highest BCUT2D eigenvalue weighted by Gasteiger charge is 2.25. The van der Waals surface area contributed by atoms with Gasteiger partial charge in [-0.3, -0.25) is 4.79 Å². The third-order valence-electron chi connectivity index (χ3n) is 4.16. The molecule has 0 saturated carbocycles. The molecule has 1 aliphatic rings. The SMILES string of the molecule is COc1ccc2c(C3CCN(C(=O)CCl)CC3)cnn2c1. The first-order valence-electron chi connectivity index (χ1n) is 7.08. The monoisotopic (exact) mass is 307 g/mol. The lowest BCUT2D eigenvalue weighted by Crippen LogP contribution is -2.38. The quantitative estimate of drug-likeness (QED) is 0.817. The summed E-state index contributed by atoms with van der Waals surface area (Å²) in [6.07, 6.45) is 5.72. The molecule has 2 aromatic rings. The van der Waals surface area contributed by atoms with Crippen molar-refractivity contribution in [3.05, 3.63) is 30.1 Å². The number of hydrogen-bond donors (Lipinski definition) is 0. The van der Waals surface area contributed by atoms with E-state index in [9.17, 15) is 4.79 Å². The Balaban J connectivity index is 1.78. The molecule has 21 heavy (non-hydrogen) atoms. The Hall–Kier alpha value is -1.75. The van der Waals surface area contributed by atoms with Gasteiger partial charge in [0, 0.05) is 18.7 Å². The van der Waals surface area contributed by atoms with Gasteiger partial charge in [0.05, 0.1) is 25.0 Å². The Morgan fingerprint density at radius 3 is 2.86 bits per heavy atom. The van der Waals surface area contributed by atoms with Crippen LogP contribution >= 0.6 is 11.6 Å². The summed E-state index contributed by atoms with van der Waals surface area (Å²) >= 11 is 5.61. The second-order valence-corrected chi connectivity index (χ2v) is 5.55. The second kappa shape index (κ2) is 5.93. The van der Waals surface area contributed by atoms with Gasteiger partial charge in [0.2, 0.25) is 5.91 Å². The molecule has 6 heteroatoms. The summed E-state index contributed by atoms with van der Waals surface area (Å²) < 4.78 is 7.06. The number of rotatable bonds is 3. The number of piperidine rings is 1. The average Bonchev–Trinajstić information content (AvgIpc) is 2.97. The van der Waals surface area contributed by atoms with E-state index in [1.54, 1.807) is 7.11 Å². The molecule has 1 aliphatic heterocycles. The number of fused-ring (bicyclic) bond motifs is 1. The maximum absolute atomic E-state index is 11.6. The van der Waals surface area contributed by atoms with E-state index in [0.717, 1.165) is 37.2 Å². The van der Waals surface area contributed by atoms with E-state index in [1.165, 1.54) is 5.56 Å². The molecule has 3 rings (SSSR count). The first kappa shape index (κ1) is 14.2. The number of likely N-dealkylation sites (tertiary alicyclic amines) is 1. The highest BCUT2D eigenvalue weighted by atomic mass is 35.5. The third kappa shape index (κ3) is 2.70. The molecule has 0 spiro atoms. The minimum absolute atomic E-state index is 0.0275. The molecule has 0 aromatic carbocycles. The summed E-state index contributed by atoms with van der Waals surface area (Å²) in [5, 5.41) is 4.41. The molecule has 1 fully saturated rings. The van der Waals surface area contributed by atoms with E-state index in [1.807, 2.05) is 33.9 Å². The first-order valence-corrected chi connectivity index (χ1v) is 7.61. The van der Waals surface area contributed by atoms with Crippen molar-refractivity contribution in [3.8, 4) is 5.75 Å². The topological polar surface area (TPSA) is 46.8 Å². The highest BCUT2D eigenvalue weighted by Crippen LogP contribution is 2.31. The van der Waals surface area contributed by atoms with Crippen molar-refractivity contribution in [2.75, 3.05) is 26.1 Å². The van der Waals surface area contributed by atoms with Gasteiger partial charge >= 0.3 is 0 Å². The van der Waals surface area contributed by atoms with Crippen LogP contribution in [0.3, 0.4) is 0 Å². The fraction of sp³-hybridized carbons (Fsp3) is 0.467. The van der Waals surface area contributed by atoms with Crippen LogP contribution in [-0.2, 0) is 4.79 Å². The Morgan fingerprint density at radius 2 is 2.19 bits per heavy atom. The summed E-state index contributed by atoms with van der Waals surface area (Å²) in [5.74, 6) is 1.33. The van der Waals surface area contributed by atoms with E-state index < -0.39 is 0 Å². The van der Waals surface area contributed by atoms with Crippen LogP contribution in [-0.4, -0.2) is 46.5 Å². The van der Waals surface area contributed by atoms with Crippen LogP contribution in [0.5, 0.6) is 5.75 Å². The summed E-state index contributed by atoms with van der Waals surface area (Å²) in [5.41, 5.74) is 2.36. The summed E-state index contributed by atoms with van der Waals surface area (Å²) in [7, 11) is 1.65. The maximum atomic E-state index is 11.6. The molecular weight excluding hydrogens is 290 g/mol. The summed E-state index contributed by atoms with van der Waals surface area (Å²) in [4.78, 5) is 13.5. The lowest BCUT2D eigenvalue weighted by Gasteiger charge is -2.31. The molecule has 1 saturated heterocycles. The van der Waals surface area contributed by atoms with Gasteiger partial charge < -0.3 is 9.64 Å². The van der Waals surface area contributed by atoms with Gasteiger partial charge in [-0.2, -0.15) is 5.10 Å². The van der Waals surface area contributed by atoms with Crippen molar-refractivity contribution >= 4 is 23.0 Å². The number of halogens is 1. The molecular formula is C15H18ClN3O2. The molecule has 0 unspecified atom stereocenters. The van der Waals surface area contributed by atoms with Crippen LogP contribution in [0.15, 0.2) is 24.5 Å². The van der Waals surface area contributed by atoms with Crippen molar-refractivity contribution in [2.24, 2.45) is 0 Å². The van der Waals surface area contributed by atoms with Crippen molar-refractivity contribution in [1.82, 2.24) is 14.5 Å². The van der Waals surface area contributed by atoms with E-state index in [4.69, 9.17) is 16.3 Å². The van der Waals surface area contributed by atoms with Gasteiger partial charge in [-0.15, -0.1) is 11.6 Å². The lowest BCUT2D eigenvalue weighted by atomic mass is 9.90. The van der Waals surface area contributed by atoms with Crippen LogP contribution in [0.2, 0.25) is 0 Å². The first-order chi connectivity index (χ1) is 10.2. The average molecular weight is 308 g/mol. The van der Waals surface area contributed by atoms with Crippen molar-refractivity contribution in [2.45, 2.75) is 18.8 Å². The molecule has 3 heterocycles. The Morgan fingerprint density at radius 1 is 1.43 bits per heavy atom. The van der Waals surface area contributed by atoms with Crippen molar-refractivity contribution in [1.29, 1.82) is 0 Å². The standard InChI is InChI=1S/C15H18ClN3O2/c1-21-12-2-3-14-13(9-17-19(14)10-12)11-4-6-18(7-5-11)15(20)8-16/h2-3,9-11H,4-8H2,1H3. The number of ether oxygens (including phenoxy) is 1. The fourth-order valence-electron chi connectivity index (χ4n) is 2.94. The third-order valence-corrected chi connectivity index (χ3v) is 4.38. The molecule has 112 valence electrons. The number of hydrogen-bond acceptors (Lipinski definition) is 3. The van der Waals surface area contributed by atoms with Gasteiger partial charge in [0.25, 0.3) is 0 Å². The molecule has 0 N–H and O–H groups in total. The number of pyridine rings is 1. The second-order valence-electron chi connectivity index (χ2n) is 5.29. The van der Waals surface area contributed by atoms with Crippen LogP contribution < -0.4 is 4.74 Å². The number of amides is 1. The Labute approximate surface area is 128 Å². The van der Waals surface area contributed by atoms with Gasteiger partial charge in [-0.1, -0.05) is 0 Å². The minimum Gasteiger partial charge on any atom is -0.495 e. The molecule has 5 nitrogen and oxygen atoms in total. The van der Waals surface area contributed by atoms with Crippen molar-refractivity contribution in [3.63, 3.8) is 0 Å². The zero-order chi connectivity index (χ0) is 14.8. The number of carbonyl (C=O) groups is 1. The number of methoxy groups -OCH3 is 1. The Bertz CT molecular complexity index is 647. The number of aromatic nitrogens is 2. The molecule has 0 bridgehead atoms. The van der Waals surface area contributed by atoms with Gasteiger partial charge in [0.1, 0.15) is 11.6 Å². The number of carbonyl (C=O) groups excluding carboxylic acids is 1. The van der Waals surface area contributed by atoms with E-state index >= 15 is 0 Å². The smallest absolute Gasteiger partial charge is 0.237 e. The normalized spacial score (nSPS) is 16.4. The predicted molar refractivity (Wildman–Crippen MR) is 81.0 cm³/mol.